The molecule has 1 aliphatic rings. The summed E-state index contributed by atoms with van der Waals surface area (Å²) in [4.78, 5) is 16.6. The van der Waals surface area contributed by atoms with Crippen molar-refractivity contribution in [2.24, 2.45) is 0 Å². The van der Waals surface area contributed by atoms with Gasteiger partial charge in [0.25, 0.3) is 0 Å². The van der Waals surface area contributed by atoms with Gasteiger partial charge in [0.1, 0.15) is 5.75 Å². The Bertz CT molecular complexity index is 974. The SMILES string of the molecule is CCn1c(SCC(=O)Nc2ccccc2)nnc1-c1cncc2c1OCCC2. The number of anilines is 1. The first-order chi connectivity index (χ1) is 13.8. The molecule has 4 rings (SSSR count). The lowest BCUT2D eigenvalue weighted by Gasteiger charge is -2.19. The quantitative estimate of drug-likeness (QED) is 0.644. The van der Waals surface area contributed by atoms with Crippen LogP contribution in [0.3, 0.4) is 0 Å². The van der Waals surface area contributed by atoms with Gasteiger partial charge in [0.2, 0.25) is 5.91 Å². The van der Waals surface area contributed by atoms with E-state index in [4.69, 9.17) is 4.74 Å². The van der Waals surface area contributed by atoms with Crippen molar-refractivity contribution in [2.45, 2.75) is 31.5 Å². The fourth-order valence-electron chi connectivity index (χ4n) is 3.17. The maximum Gasteiger partial charge on any atom is 0.234 e. The Labute approximate surface area is 167 Å². The number of carbonyl (C=O) groups excluding carboxylic acids is 1. The van der Waals surface area contributed by atoms with Gasteiger partial charge in [0, 0.05) is 30.2 Å². The molecule has 0 aliphatic carbocycles. The highest BCUT2D eigenvalue weighted by Gasteiger charge is 2.22. The van der Waals surface area contributed by atoms with Crippen LogP contribution in [0.2, 0.25) is 0 Å². The molecule has 144 valence electrons. The van der Waals surface area contributed by atoms with Gasteiger partial charge in [-0.3, -0.25) is 9.78 Å². The van der Waals surface area contributed by atoms with Gasteiger partial charge in [0.05, 0.1) is 17.9 Å². The van der Waals surface area contributed by atoms with Gasteiger partial charge < -0.3 is 14.6 Å². The number of amides is 1. The van der Waals surface area contributed by atoms with E-state index in [0.717, 1.165) is 41.2 Å². The number of ether oxygens (including phenoxy) is 1. The van der Waals surface area contributed by atoms with Gasteiger partial charge in [0.15, 0.2) is 11.0 Å². The average Bonchev–Trinajstić information content (AvgIpc) is 3.15. The van der Waals surface area contributed by atoms with E-state index in [9.17, 15) is 4.79 Å². The molecule has 0 atom stereocenters. The highest BCUT2D eigenvalue weighted by Crippen LogP contribution is 2.35. The number of hydrogen-bond donors (Lipinski definition) is 1. The standard InChI is InChI=1S/C20H21N5O2S/c1-2-25-19(16-12-21-11-14-7-6-10-27-18(14)16)23-24-20(25)28-13-17(26)22-15-8-4-3-5-9-15/h3-5,8-9,11-12H,2,6-7,10,13H2,1H3,(H,22,26). The van der Waals surface area contributed by atoms with Crippen molar-refractivity contribution < 1.29 is 9.53 Å². The first-order valence-corrected chi connectivity index (χ1v) is 10.3. The zero-order valence-electron chi connectivity index (χ0n) is 15.6. The van der Waals surface area contributed by atoms with Gasteiger partial charge >= 0.3 is 0 Å². The number of benzene rings is 1. The number of nitrogens with one attached hydrogen (secondary N) is 1. The van der Waals surface area contributed by atoms with Crippen LogP contribution in [0.1, 0.15) is 18.9 Å². The number of para-hydroxylation sites is 1. The topological polar surface area (TPSA) is 81.9 Å². The summed E-state index contributed by atoms with van der Waals surface area (Å²) in [6.07, 6.45) is 5.58. The molecule has 0 bridgehead atoms. The van der Waals surface area contributed by atoms with Crippen LogP contribution >= 0.6 is 11.8 Å². The summed E-state index contributed by atoms with van der Waals surface area (Å²) in [6, 6.07) is 9.41. The molecule has 0 unspecified atom stereocenters. The fourth-order valence-corrected chi connectivity index (χ4v) is 3.97. The van der Waals surface area contributed by atoms with E-state index in [1.54, 1.807) is 6.20 Å². The average molecular weight is 395 g/mol. The largest absolute Gasteiger partial charge is 0.492 e. The summed E-state index contributed by atoms with van der Waals surface area (Å²) >= 11 is 1.37. The maximum absolute atomic E-state index is 12.2. The van der Waals surface area contributed by atoms with Crippen LogP contribution in [0, 0.1) is 0 Å². The Balaban J connectivity index is 1.51. The molecule has 8 heteroatoms. The third-order valence-corrected chi connectivity index (χ3v) is 5.44. The summed E-state index contributed by atoms with van der Waals surface area (Å²) in [5.74, 6) is 1.75. The zero-order valence-corrected chi connectivity index (χ0v) is 16.4. The number of fused-ring (bicyclic) bond motifs is 1. The Morgan fingerprint density at radius 1 is 1.25 bits per heavy atom. The lowest BCUT2D eigenvalue weighted by molar-refractivity contribution is -0.113. The number of aromatic nitrogens is 4. The third kappa shape index (κ3) is 3.87. The molecule has 0 radical (unpaired) electrons. The van der Waals surface area contributed by atoms with Crippen molar-refractivity contribution in [1.82, 2.24) is 19.7 Å². The predicted octanol–water partition coefficient (Wildman–Crippen LogP) is 3.42. The van der Waals surface area contributed by atoms with Gasteiger partial charge in [-0.1, -0.05) is 30.0 Å². The minimum atomic E-state index is -0.0782. The van der Waals surface area contributed by atoms with Crippen molar-refractivity contribution in [3.63, 3.8) is 0 Å². The minimum Gasteiger partial charge on any atom is -0.492 e. The number of aryl methyl sites for hydroxylation is 1. The molecule has 0 fully saturated rings. The molecule has 3 aromatic rings. The number of thioether (sulfide) groups is 1. The van der Waals surface area contributed by atoms with E-state index < -0.39 is 0 Å². The monoisotopic (exact) mass is 395 g/mol. The summed E-state index contributed by atoms with van der Waals surface area (Å²) in [5, 5.41) is 12.3. The van der Waals surface area contributed by atoms with Crippen molar-refractivity contribution >= 4 is 23.4 Å². The summed E-state index contributed by atoms with van der Waals surface area (Å²) in [5.41, 5.74) is 2.74. The molecule has 1 N–H and O–H groups in total. The van der Waals surface area contributed by atoms with E-state index in [2.05, 4.69) is 20.5 Å². The Hall–Kier alpha value is -2.87. The summed E-state index contributed by atoms with van der Waals surface area (Å²) in [6.45, 7) is 3.42. The molecule has 0 saturated carbocycles. The number of hydrogen-bond acceptors (Lipinski definition) is 6. The van der Waals surface area contributed by atoms with E-state index in [0.29, 0.717) is 18.3 Å². The number of pyridine rings is 1. The molecular weight excluding hydrogens is 374 g/mol. The Morgan fingerprint density at radius 2 is 2.11 bits per heavy atom. The summed E-state index contributed by atoms with van der Waals surface area (Å²) in [7, 11) is 0. The highest BCUT2D eigenvalue weighted by molar-refractivity contribution is 7.99. The zero-order chi connectivity index (χ0) is 19.3. The van der Waals surface area contributed by atoms with Crippen LogP contribution in [0.4, 0.5) is 5.69 Å². The van der Waals surface area contributed by atoms with E-state index in [-0.39, 0.29) is 11.7 Å². The minimum absolute atomic E-state index is 0.0782. The van der Waals surface area contributed by atoms with Crippen LogP contribution < -0.4 is 10.1 Å². The van der Waals surface area contributed by atoms with Crippen molar-refractivity contribution in [3.8, 4) is 17.1 Å². The fraction of sp³-hybridized carbons (Fsp3) is 0.300. The Morgan fingerprint density at radius 3 is 2.93 bits per heavy atom. The first-order valence-electron chi connectivity index (χ1n) is 9.27. The molecule has 1 aromatic carbocycles. The first kappa shape index (κ1) is 18.5. The van der Waals surface area contributed by atoms with Crippen molar-refractivity contribution in [2.75, 3.05) is 17.7 Å². The van der Waals surface area contributed by atoms with E-state index in [1.807, 2.05) is 48.0 Å². The molecule has 1 aliphatic heterocycles. The Kier molecular flexibility index (Phi) is 5.57. The molecule has 7 nitrogen and oxygen atoms in total. The van der Waals surface area contributed by atoms with Crippen molar-refractivity contribution in [1.29, 1.82) is 0 Å². The van der Waals surface area contributed by atoms with Gasteiger partial charge in [-0.15, -0.1) is 10.2 Å². The van der Waals surface area contributed by atoms with E-state index >= 15 is 0 Å². The summed E-state index contributed by atoms with van der Waals surface area (Å²) < 4.78 is 7.89. The molecule has 2 aromatic heterocycles. The van der Waals surface area contributed by atoms with Crippen molar-refractivity contribution in [3.05, 3.63) is 48.3 Å². The third-order valence-electron chi connectivity index (χ3n) is 4.47. The smallest absolute Gasteiger partial charge is 0.234 e. The lowest BCUT2D eigenvalue weighted by atomic mass is 10.1. The number of carbonyl (C=O) groups is 1. The second kappa shape index (κ2) is 8.43. The van der Waals surface area contributed by atoms with Gasteiger partial charge in [-0.05, 0) is 31.9 Å². The number of rotatable bonds is 6. The number of nitrogens with zero attached hydrogens (tertiary/aromatic N) is 4. The highest BCUT2D eigenvalue weighted by atomic mass is 32.2. The van der Waals surface area contributed by atoms with Crippen LogP contribution in [0.25, 0.3) is 11.4 Å². The second-order valence-electron chi connectivity index (χ2n) is 6.38. The van der Waals surface area contributed by atoms with E-state index in [1.165, 1.54) is 11.8 Å². The van der Waals surface area contributed by atoms with Gasteiger partial charge in [-0.25, -0.2) is 0 Å². The molecule has 1 amide bonds. The molecule has 28 heavy (non-hydrogen) atoms. The maximum atomic E-state index is 12.2. The normalized spacial score (nSPS) is 12.9. The lowest BCUT2D eigenvalue weighted by Crippen LogP contribution is -2.14. The van der Waals surface area contributed by atoms with Crippen LogP contribution in [-0.2, 0) is 17.8 Å². The van der Waals surface area contributed by atoms with Crippen LogP contribution in [0.15, 0.2) is 47.9 Å². The predicted molar refractivity (Wildman–Crippen MR) is 109 cm³/mol. The molecular formula is C20H21N5O2S. The molecule has 0 spiro atoms. The molecule has 3 heterocycles. The molecule has 0 saturated heterocycles. The van der Waals surface area contributed by atoms with Gasteiger partial charge in [-0.2, -0.15) is 0 Å². The second-order valence-corrected chi connectivity index (χ2v) is 7.32. The van der Waals surface area contributed by atoms with Crippen LogP contribution in [0.5, 0.6) is 5.75 Å². The van der Waals surface area contributed by atoms with Crippen LogP contribution in [-0.4, -0.2) is 38.0 Å².